The average molecular weight is 255 g/mol. The highest BCUT2D eigenvalue weighted by Gasteiger charge is 2.07. The monoisotopic (exact) mass is 255 g/mol. The number of benzene rings is 1. The van der Waals surface area contributed by atoms with Gasteiger partial charge in [0.05, 0.1) is 5.39 Å². The summed E-state index contributed by atoms with van der Waals surface area (Å²) in [5, 5.41) is 6.28. The minimum Gasteiger partial charge on any atom is -0.372 e. The van der Waals surface area contributed by atoms with E-state index < -0.39 is 0 Å². The van der Waals surface area contributed by atoms with E-state index in [0.29, 0.717) is 0 Å². The number of rotatable bonds is 3. The van der Waals surface area contributed by atoms with Crippen LogP contribution in [0, 0.1) is 0 Å². The number of hydrogen-bond acceptors (Lipinski definition) is 4. The Labute approximate surface area is 110 Å². The molecule has 3 aromatic rings. The first kappa shape index (κ1) is 11.2. The molecule has 0 amide bonds. The molecule has 0 saturated heterocycles. The van der Waals surface area contributed by atoms with E-state index in [1.807, 2.05) is 30.6 Å². The van der Waals surface area contributed by atoms with Gasteiger partial charge in [-0.1, -0.05) is 30.3 Å². The van der Waals surface area contributed by atoms with Crippen LogP contribution in [0.15, 0.2) is 41.8 Å². The lowest BCUT2D eigenvalue weighted by Gasteiger charge is -2.05. The number of thiophene rings is 1. The third-order valence-corrected chi connectivity index (χ3v) is 3.62. The zero-order chi connectivity index (χ0) is 12.4. The van der Waals surface area contributed by atoms with Crippen molar-refractivity contribution in [2.75, 3.05) is 12.4 Å². The van der Waals surface area contributed by atoms with Gasteiger partial charge in [0, 0.05) is 13.5 Å². The van der Waals surface area contributed by atoms with Gasteiger partial charge in [-0.15, -0.1) is 11.3 Å². The number of aromatic nitrogens is 2. The molecule has 1 N–H and O–H groups in total. The molecule has 0 fully saturated rings. The summed E-state index contributed by atoms with van der Waals surface area (Å²) >= 11 is 1.65. The summed E-state index contributed by atoms with van der Waals surface area (Å²) in [7, 11) is 1.89. The standard InChI is InChI=1S/C14H13N3S/c1-15-13-11-7-8-18-14(11)17-12(16-13)9-10-5-3-2-4-6-10/h2-8H,9H2,1H3,(H,15,16,17). The maximum atomic E-state index is 4.61. The molecule has 0 aliphatic carbocycles. The van der Waals surface area contributed by atoms with Gasteiger partial charge in [-0.3, -0.25) is 0 Å². The third kappa shape index (κ3) is 2.07. The fourth-order valence-electron chi connectivity index (χ4n) is 1.95. The van der Waals surface area contributed by atoms with Crippen LogP contribution in [0.1, 0.15) is 11.4 Å². The van der Waals surface area contributed by atoms with Crippen molar-refractivity contribution < 1.29 is 0 Å². The average Bonchev–Trinajstić information content (AvgIpc) is 2.87. The molecule has 0 radical (unpaired) electrons. The van der Waals surface area contributed by atoms with Gasteiger partial charge in [-0.05, 0) is 17.0 Å². The molecule has 0 aliphatic heterocycles. The summed E-state index contributed by atoms with van der Waals surface area (Å²) < 4.78 is 0. The summed E-state index contributed by atoms with van der Waals surface area (Å²) in [5.74, 6) is 1.77. The van der Waals surface area contributed by atoms with Crippen molar-refractivity contribution >= 4 is 27.4 Å². The second kappa shape index (κ2) is 4.74. The van der Waals surface area contributed by atoms with Gasteiger partial charge in [-0.25, -0.2) is 9.97 Å². The topological polar surface area (TPSA) is 37.8 Å². The Morgan fingerprint density at radius 2 is 1.94 bits per heavy atom. The number of nitrogens with zero attached hydrogens (tertiary/aromatic N) is 2. The van der Waals surface area contributed by atoms with Crippen molar-refractivity contribution in [2.24, 2.45) is 0 Å². The summed E-state index contributed by atoms with van der Waals surface area (Å²) in [6, 6.07) is 12.3. The molecule has 3 rings (SSSR count). The lowest BCUT2D eigenvalue weighted by molar-refractivity contribution is 0.997. The lowest BCUT2D eigenvalue weighted by atomic mass is 10.1. The van der Waals surface area contributed by atoms with Crippen LogP contribution in [0.3, 0.4) is 0 Å². The number of hydrogen-bond donors (Lipinski definition) is 1. The Hall–Kier alpha value is -1.94. The van der Waals surface area contributed by atoms with Gasteiger partial charge in [-0.2, -0.15) is 0 Å². The van der Waals surface area contributed by atoms with E-state index in [0.717, 1.165) is 28.3 Å². The van der Waals surface area contributed by atoms with E-state index in [2.05, 4.69) is 33.5 Å². The largest absolute Gasteiger partial charge is 0.372 e. The van der Waals surface area contributed by atoms with Gasteiger partial charge in [0.2, 0.25) is 0 Å². The molecule has 0 saturated carbocycles. The highest BCUT2D eigenvalue weighted by Crippen LogP contribution is 2.25. The molecule has 0 spiro atoms. The lowest BCUT2D eigenvalue weighted by Crippen LogP contribution is -2.01. The summed E-state index contributed by atoms with van der Waals surface area (Å²) in [4.78, 5) is 10.2. The molecule has 18 heavy (non-hydrogen) atoms. The first-order chi connectivity index (χ1) is 8.86. The molecule has 0 atom stereocenters. The van der Waals surface area contributed by atoms with Gasteiger partial charge < -0.3 is 5.32 Å². The van der Waals surface area contributed by atoms with Crippen LogP contribution in [0.5, 0.6) is 0 Å². The highest BCUT2D eigenvalue weighted by atomic mass is 32.1. The number of anilines is 1. The normalized spacial score (nSPS) is 10.7. The van der Waals surface area contributed by atoms with Crippen molar-refractivity contribution in [3.63, 3.8) is 0 Å². The molecule has 1 aromatic carbocycles. The van der Waals surface area contributed by atoms with Crippen LogP contribution >= 0.6 is 11.3 Å². The molecular weight excluding hydrogens is 242 g/mol. The van der Waals surface area contributed by atoms with Crippen LogP contribution in [-0.2, 0) is 6.42 Å². The summed E-state index contributed by atoms with van der Waals surface area (Å²) in [6.45, 7) is 0. The van der Waals surface area contributed by atoms with Crippen LogP contribution in [0.2, 0.25) is 0 Å². The molecule has 0 aliphatic rings. The second-order valence-electron chi connectivity index (χ2n) is 4.04. The minimum absolute atomic E-state index is 0.767. The maximum Gasteiger partial charge on any atom is 0.138 e. The molecule has 4 heteroatoms. The predicted octanol–water partition coefficient (Wildman–Crippen LogP) is 3.32. The Morgan fingerprint density at radius 3 is 2.72 bits per heavy atom. The molecular formula is C14H13N3S. The third-order valence-electron chi connectivity index (χ3n) is 2.81. The van der Waals surface area contributed by atoms with Gasteiger partial charge >= 0.3 is 0 Å². The van der Waals surface area contributed by atoms with Crippen molar-refractivity contribution in [2.45, 2.75) is 6.42 Å². The fraction of sp³-hybridized carbons (Fsp3) is 0.143. The van der Waals surface area contributed by atoms with Crippen molar-refractivity contribution in [1.82, 2.24) is 9.97 Å². The molecule has 2 aromatic heterocycles. The number of fused-ring (bicyclic) bond motifs is 1. The zero-order valence-corrected chi connectivity index (χ0v) is 10.9. The van der Waals surface area contributed by atoms with E-state index in [9.17, 15) is 0 Å². The van der Waals surface area contributed by atoms with Gasteiger partial charge in [0.15, 0.2) is 0 Å². The first-order valence-corrected chi connectivity index (χ1v) is 6.70. The van der Waals surface area contributed by atoms with Crippen molar-refractivity contribution in [1.29, 1.82) is 0 Å². The Kier molecular flexibility index (Phi) is 2.94. The zero-order valence-electron chi connectivity index (χ0n) is 10.1. The SMILES string of the molecule is CNc1nc(Cc2ccccc2)nc2sccc12. The minimum atomic E-state index is 0.767. The summed E-state index contributed by atoms with van der Waals surface area (Å²) in [6.07, 6.45) is 0.767. The summed E-state index contributed by atoms with van der Waals surface area (Å²) in [5.41, 5.74) is 1.23. The highest BCUT2D eigenvalue weighted by molar-refractivity contribution is 7.16. The molecule has 2 heterocycles. The van der Waals surface area contributed by atoms with Crippen LogP contribution in [-0.4, -0.2) is 17.0 Å². The van der Waals surface area contributed by atoms with E-state index >= 15 is 0 Å². The second-order valence-corrected chi connectivity index (χ2v) is 4.93. The molecule has 0 bridgehead atoms. The van der Waals surface area contributed by atoms with E-state index in [1.54, 1.807) is 11.3 Å². The fourth-order valence-corrected chi connectivity index (χ4v) is 2.73. The van der Waals surface area contributed by atoms with Crippen LogP contribution in [0.25, 0.3) is 10.2 Å². The smallest absolute Gasteiger partial charge is 0.138 e. The van der Waals surface area contributed by atoms with E-state index in [1.165, 1.54) is 5.56 Å². The van der Waals surface area contributed by atoms with Crippen molar-refractivity contribution in [3.8, 4) is 0 Å². The quantitative estimate of drug-likeness (QED) is 0.780. The predicted molar refractivity (Wildman–Crippen MR) is 76.2 cm³/mol. The van der Waals surface area contributed by atoms with Gasteiger partial charge in [0.25, 0.3) is 0 Å². The molecule has 90 valence electrons. The van der Waals surface area contributed by atoms with Gasteiger partial charge in [0.1, 0.15) is 16.5 Å². The Morgan fingerprint density at radius 1 is 1.11 bits per heavy atom. The maximum absolute atomic E-state index is 4.61. The van der Waals surface area contributed by atoms with E-state index in [-0.39, 0.29) is 0 Å². The Bertz CT molecular complexity index is 661. The van der Waals surface area contributed by atoms with E-state index in [4.69, 9.17) is 0 Å². The van der Waals surface area contributed by atoms with Crippen LogP contribution in [0.4, 0.5) is 5.82 Å². The molecule has 3 nitrogen and oxygen atoms in total. The first-order valence-electron chi connectivity index (χ1n) is 5.82. The molecule has 0 unspecified atom stereocenters. The Balaban J connectivity index is 2.02. The number of nitrogens with one attached hydrogen (secondary N) is 1. The van der Waals surface area contributed by atoms with Crippen molar-refractivity contribution in [3.05, 3.63) is 53.2 Å². The van der Waals surface area contributed by atoms with Crippen LogP contribution < -0.4 is 5.32 Å².